The van der Waals surface area contributed by atoms with Crippen LogP contribution in [0.2, 0.25) is 0 Å². The molecule has 0 aromatic heterocycles. The minimum atomic E-state index is 0.0435. The second-order valence-electron chi connectivity index (χ2n) is 6.09. The number of amides is 2. The van der Waals surface area contributed by atoms with Crippen molar-refractivity contribution in [1.82, 2.24) is 9.80 Å². The Hall–Kier alpha value is -2.27. The van der Waals surface area contributed by atoms with Gasteiger partial charge < -0.3 is 9.80 Å². The zero-order valence-electron chi connectivity index (χ0n) is 14.4. The minimum absolute atomic E-state index is 0.0435. The SMILES string of the molecule is Cc1ccccc1SCC(=O)N1CCN(C(=O)c2ccccc2)CC1. The van der Waals surface area contributed by atoms with Crippen molar-refractivity contribution in [2.75, 3.05) is 31.9 Å². The van der Waals surface area contributed by atoms with E-state index in [2.05, 4.69) is 13.0 Å². The van der Waals surface area contributed by atoms with E-state index in [1.807, 2.05) is 58.3 Å². The monoisotopic (exact) mass is 354 g/mol. The Morgan fingerprint density at radius 2 is 1.48 bits per heavy atom. The van der Waals surface area contributed by atoms with E-state index in [0.717, 1.165) is 4.90 Å². The number of carbonyl (C=O) groups excluding carboxylic acids is 2. The number of benzene rings is 2. The molecule has 1 aliphatic heterocycles. The van der Waals surface area contributed by atoms with Crippen molar-refractivity contribution in [1.29, 1.82) is 0 Å². The fourth-order valence-corrected chi connectivity index (χ4v) is 3.80. The van der Waals surface area contributed by atoms with E-state index >= 15 is 0 Å². The highest BCUT2D eigenvalue weighted by atomic mass is 32.2. The molecule has 5 heteroatoms. The van der Waals surface area contributed by atoms with Gasteiger partial charge in [-0.15, -0.1) is 11.8 Å². The zero-order valence-corrected chi connectivity index (χ0v) is 15.2. The van der Waals surface area contributed by atoms with E-state index in [9.17, 15) is 9.59 Å². The highest BCUT2D eigenvalue weighted by Gasteiger charge is 2.24. The van der Waals surface area contributed by atoms with Gasteiger partial charge in [0.1, 0.15) is 0 Å². The average Bonchev–Trinajstić information content (AvgIpc) is 2.67. The third-order valence-corrected chi connectivity index (χ3v) is 5.55. The first-order valence-corrected chi connectivity index (χ1v) is 9.44. The summed E-state index contributed by atoms with van der Waals surface area (Å²) < 4.78 is 0. The summed E-state index contributed by atoms with van der Waals surface area (Å²) >= 11 is 1.58. The number of thioether (sulfide) groups is 1. The van der Waals surface area contributed by atoms with Crippen LogP contribution in [0, 0.1) is 6.92 Å². The Morgan fingerprint density at radius 1 is 0.880 bits per heavy atom. The van der Waals surface area contributed by atoms with Gasteiger partial charge in [0, 0.05) is 36.6 Å². The second-order valence-corrected chi connectivity index (χ2v) is 7.11. The Bertz CT molecular complexity index is 740. The van der Waals surface area contributed by atoms with E-state index in [1.54, 1.807) is 11.8 Å². The molecule has 0 saturated carbocycles. The van der Waals surface area contributed by atoms with Gasteiger partial charge in [-0.25, -0.2) is 0 Å². The molecule has 4 nitrogen and oxygen atoms in total. The van der Waals surface area contributed by atoms with Crippen LogP contribution in [0.25, 0.3) is 0 Å². The van der Waals surface area contributed by atoms with Crippen molar-refractivity contribution < 1.29 is 9.59 Å². The van der Waals surface area contributed by atoms with Gasteiger partial charge >= 0.3 is 0 Å². The molecule has 0 radical (unpaired) electrons. The quantitative estimate of drug-likeness (QED) is 0.793. The maximum absolute atomic E-state index is 12.4. The van der Waals surface area contributed by atoms with Gasteiger partial charge in [0.2, 0.25) is 5.91 Å². The van der Waals surface area contributed by atoms with E-state index in [-0.39, 0.29) is 11.8 Å². The molecule has 2 amide bonds. The van der Waals surface area contributed by atoms with Gasteiger partial charge in [-0.3, -0.25) is 9.59 Å². The summed E-state index contributed by atoms with van der Waals surface area (Å²) in [6.45, 7) is 4.45. The predicted octanol–water partition coefficient (Wildman–Crippen LogP) is 3.07. The lowest BCUT2D eigenvalue weighted by atomic mass is 10.2. The number of hydrogen-bond donors (Lipinski definition) is 0. The van der Waals surface area contributed by atoms with Gasteiger partial charge in [0.05, 0.1) is 5.75 Å². The molecule has 1 aliphatic rings. The zero-order chi connectivity index (χ0) is 17.6. The average molecular weight is 354 g/mol. The first kappa shape index (κ1) is 17.5. The van der Waals surface area contributed by atoms with Crippen molar-refractivity contribution in [3.8, 4) is 0 Å². The first-order valence-electron chi connectivity index (χ1n) is 8.45. The molecule has 0 N–H and O–H groups in total. The standard InChI is InChI=1S/C20H22N2O2S/c1-16-7-5-6-10-18(16)25-15-19(23)21-11-13-22(14-12-21)20(24)17-8-3-2-4-9-17/h2-10H,11-15H2,1H3. The summed E-state index contributed by atoms with van der Waals surface area (Å²) in [6.07, 6.45) is 0. The van der Waals surface area contributed by atoms with Crippen molar-refractivity contribution in [3.05, 3.63) is 65.7 Å². The van der Waals surface area contributed by atoms with Crippen LogP contribution in [0.4, 0.5) is 0 Å². The number of piperazine rings is 1. The molecule has 2 aromatic rings. The number of nitrogens with zero attached hydrogens (tertiary/aromatic N) is 2. The van der Waals surface area contributed by atoms with Gasteiger partial charge in [-0.05, 0) is 30.7 Å². The number of aryl methyl sites for hydroxylation is 1. The molecule has 25 heavy (non-hydrogen) atoms. The lowest BCUT2D eigenvalue weighted by molar-refractivity contribution is -0.129. The molecule has 0 spiro atoms. The van der Waals surface area contributed by atoms with E-state index in [4.69, 9.17) is 0 Å². The molecule has 0 atom stereocenters. The number of rotatable bonds is 4. The van der Waals surface area contributed by atoms with Gasteiger partial charge in [0.15, 0.2) is 0 Å². The molecular weight excluding hydrogens is 332 g/mol. The van der Waals surface area contributed by atoms with Gasteiger partial charge in [0.25, 0.3) is 5.91 Å². The summed E-state index contributed by atoms with van der Waals surface area (Å²) in [5.74, 6) is 0.624. The predicted molar refractivity (Wildman–Crippen MR) is 101 cm³/mol. The highest BCUT2D eigenvalue weighted by Crippen LogP contribution is 2.22. The number of hydrogen-bond acceptors (Lipinski definition) is 3. The van der Waals surface area contributed by atoms with Crippen molar-refractivity contribution >= 4 is 23.6 Å². The second kappa shape index (κ2) is 8.21. The third-order valence-electron chi connectivity index (χ3n) is 4.39. The maximum atomic E-state index is 12.4. The molecular formula is C20H22N2O2S. The van der Waals surface area contributed by atoms with Crippen LogP contribution < -0.4 is 0 Å². The van der Waals surface area contributed by atoms with Gasteiger partial charge in [-0.1, -0.05) is 36.4 Å². The van der Waals surface area contributed by atoms with Crippen molar-refractivity contribution in [2.45, 2.75) is 11.8 Å². The first-order chi connectivity index (χ1) is 12.1. The summed E-state index contributed by atoms with van der Waals surface area (Å²) in [6, 6.07) is 17.4. The Balaban J connectivity index is 1.49. The van der Waals surface area contributed by atoms with Gasteiger partial charge in [-0.2, -0.15) is 0 Å². The molecule has 3 rings (SSSR count). The van der Waals surface area contributed by atoms with Crippen LogP contribution >= 0.6 is 11.8 Å². The molecule has 0 aliphatic carbocycles. The van der Waals surface area contributed by atoms with Crippen LogP contribution in [0.1, 0.15) is 15.9 Å². The highest BCUT2D eigenvalue weighted by molar-refractivity contribution is 8.00. The van der Waals surface area contributed by atoms with Crippen LogP contribution in [0.5, 0.6) is 0 Å². The minimum Gasteiger partial charge on any atom is -0.338 e. The van der Waals surface area contributed by atoms with E-state index in [1.165, 1.54) is 5.56 Å². The smallest absolute Gasteiger partial charge is 0.253 e. The maximum Gasteiger partial charge on any atom is 0.253 e. The van der Waals surface area contributed by atoms with E-state index in [0.29, 0.717) is 37.5 Å². The topological polar surface area (TPSA) is 40.6 Å². The third kappa shape index (κ3) is 4.42. The van der Waals surface area contributed by atoms with Crippen LogP contribution in [0.15, 0.2) is 59.5 Å². The number of carbonyl (C=O) groups is 2. The lowest BCUT2D eigenvalue weighted by Gasteiger charge is -2.34. The molecule has 0 unspecified atom stereocenters. The molecule has 2 aromatic carbocycles. The van der Waals surface area contributed by atoms with Crippen LogP contribution in [-0.2, 0) is 4.79 Å². The Morgan fingerprint density at radius 3 is 2.16 bits per heavy atom. The van der Waals surface area contributed by atoms with E-state index < -0.39 is 0 Å². The summed E-state index contributed by atoms with van der Waals surface area (Å²) in [7, 11) is 0. The summed E-state index contributed by atoms with van der Waals surface area (Å²) in [5.41, 5.74) is 1.90. The normalized spacial score (nSPS) is 14.4. The van der Waals surface area contributed by atoms with Crippen molar-refractivity contribution in [2.24, 2.45) is 0 Å². The molecule has 0 bridgehead atoms. The van der Waals surface area contributed by atoms with Crippen molar-refractivity contribution in [3.63, 3.8) is 0 Å². The molecule has 1 saturated heterocycles. The molecule has 1 fully saturated rings. The fraction of sp³-hybridized carbons (Fsp3) is 0.300. The molecule has 1 heterocycles. The van der Waals surface area contributed by atoms with Crippen LogP contribution in [-0.4, -0.2) is 53.5 Å². The molecule has 130 valence electrons. The Kier molecular flexibility index (Phi) is 5.76. The van der Waals surface area contributed by atoms with Crippen LogP contribution in [0.3, 0.4) is 0 Å². The lowest BCUT2D eigenvalue weighted by Crippen LogP contribution is -2.51. The fourth-order valence-electron chi connectivity index (χ4n) is 2.87. The summed E-state index contributed by atoms with van der Waals surface area (Å²) in [5, 5.41) is 0. The Labute approximate surface area is 152 Å². The summed E-state index contributed by atoms with van der Waals surface area (Å²) in [4.78, 5) is 29.7. The largest absolute Gasteiger partial charge is 0.338 e.